The first-order valence-corrected chi connectivity index (χ1v) is 4.90. The van der Waals surface area contributed by atoms with Crippen molar-refractivity contribution < 1.29 is 4.79 Å². The summed E-state index contributed by atoms with van der Waals surface area (Å²) in [6, 6.07) is -0.577. The molecule has 1 unspecified atom stereocenters. The highest BCUT2D eigenvalue weighted by Crippen LogP contribution is 2.18. The van der Waals surface area contributed by atoms with Crippen molar-refractivity contribution in [3.63, 3.8) is 0 Å². The smallest absolute Gasteiger partial charge is 0.243 e. The Morgan fingerprint density at radius 1 is 1.57 bits per heavy atom. The van der Waals surface area contributed by atoms with Gasteiger partial charge in [0.2, 0.25) is 11.0 Å². The predicted molar refractivity (Wildman–Crippen MR) is 53.8 cm³/mol. The molecule has 1 rings (SSSR count). The first-order chi connectivity index (χ1) is 6.41. The van der Waals surface area contributed by atoms with E-state index in [0.717, 1.165) is 11.5 Å². The SMILES string of the molecule is CC(C)(C)C(N)C(=O)Nc1nnns1. The zero-order valence-electron chi connectivity index (χ0n) is 8.31. The summed E-state index contributed by atoms with van der Waals surface area (Å²) < 4.78 is 3.52. The molecule has 0 bridgehead atoms. The van der Waals surface area contributed by atoms with Crippen LogP contribution in [0.4, 0.5) is 5.13 Å². The highest BCUT2D eigenvalue weighted by atomic mass is 32.1. The maximum absolute atomic E-state index is 11.5. The van der Waals surface area contributed by atoms with Gasteiger partial charge in [0, 0.05) is 11.5 Å². The molecule has 0 radical (unpaired) electrons. The summed E-state index contributed by atoms with van der Waals surface area (Å²) in [5.74, 6) is -0.268. The van der Waals surface area contributed by atoms with Gasteiger partial charge in [0.25, 0.3) is 0 Å². The van der Waals surface area contributed by atoms with Crippen LogP contribution >= 0.6 is 11.5 Å². The summed E-state index contributed by atoms with van der Waals surface area (Å²) in [5.41, 5.74) is 5.46. The molecular formula is C7H13N5OS. The minimum Gasteiger partial charge on any atom is -0.319 e. The third-order valence-corrected chi connectivity index (χ3v) is 2.26. The van der Waals surface area contributed by atoms with Crippen LogP contribution in [-0.2, 0) is 4.79 Å². The number of rotatable bonds is 2. The van der Waals surface area contributed by atoms with Crippen LogP contribution in [0.15, 0.2) is 0 Å². The molecule has 6 nitrogen and oxygen atoms in total. The molecule has 78 valence electrons. The second-order valence-electron chi connectivity index (χ2n) is 4.00. The number of hydrogen-bond donors (Lipinski definition) is 2. The molecule has 0 fully saturated rings. The fraction of sp³-hybridized carbons (Fsp3) is 0.714. The molecule has 14 heavy (non-hydrogen) atoms. The fourth-order valence-corrected chi connectivity index (χ4v) is 1.13. The van der Waals surface area contributed by atoms with E-state index in [2.05, 4.69) is 20.1 Å². The molecule has 1 aromatic rings. The summed E-state index contributed by atoms with van der Waals surface area (Å²) in [6.45, 7) is 5.70. The minimum atomic E-state index is -0.577. The lowest BCUT2D eigenvalue weighted by molar-refractivity contribution is -0.119. The zero-order chi connectivity index (χ0) is 10.8. The first kappa shape index (κ1) is 11.0. The van der Waals surface area contributed by atoms with Gasteiger partial charge in [-0.25, -0.2) is 0 Å². The van der Waals surface area contributed by atoms with Crippen molar-refractivity contribution in [2.75, 3.05) is 5.32 Å². The average Bonchev–Trinajstić information content (AvgIpc) is 2.53. The molecule has 1 aromatic heterocycles. The molecule has 0 aliphatic rings. The van der Waals surface area contributed by atoms with E-state index in [4.69, 9.17) is 5.73 Å². The fourth-order valence-electron chi connectivity index (χ4n) is 0.758. The lowest BCUT2D eigenvalue weighted by atomic mass is 9.87. The van der Waals surface area contributed by atoms with Gasteiger partial charge in [-0.1, -0.05) is 30.4 Å². The van der Waals surface area contributed by atoms with Crippen molar-refractivity contribution in [1.29, 1.82) is 0 Å². The lowest BCUT2D eigenvalue weighted by Gasteiger charge is -2.25. The Morgan fingerprint density at radius 2 is 2.21 bits per heavy atom. The summed E-state index contributed by atoms with van der Waals surface area (Å²) in [5, 5.41) is 9.87. The topological polar surface area (TPSA) is 93.8 Å². The summed E-state index contributed by atoms with van der Waals surface area (Å²) in [7, 11) is 0. The number of amides is 1. The Kier molecular flexibility index (Phi) is 3.12. The second-order valence-corrected chi connectivity index (χ2v) is 4.73. The zero-order valence-corrected chi connectivity index (χ0v) is 9.13. The van der Waals surface area contributed by atoms with Crippen LogP contribution in [0.25, 0.3) is 0 Å². The van der Waals surface area contributed by atoms with E-state index in [1.54, 1.807) is 0 Å². The normalized spacial score (nSPS) is 13.7. The summed E-state index contributed by atoms with van der Waals surface area (Å²) >= 11 is 1.02. The summed E-state index contributed by atoms with van der Waals surface area (Å²) in [6.07, 6.45) is 0. The number of aromatic nitrogens is 3. The number of nitrogens with one attached hydrogen (secondary N) is 1. The molecule has 0 spiro atoms. The van der Waals surface area contributed by atoms with Gasteiger partial charge in [-0.05, 0) is 10.6 Å². The van der Waals surface area contributed by atoms with Crippen LogP contribution in [0.1, 0.15) is 20.8 Å². The molecule has 1 heterocycles. The Labute approximate surface area is 86.0 Å². The van der Waals surface area contributed by atoms with Crippen LogP contribution in [0.3, 0.4) is 0 Å². The van der Waals surface area contributed by atoms with Gasteiger partial charge in [0.1, 0.15) is 0 Å². The molecule has 0 saturated carbocycles. The highest BCUT2D eigenvalue weighted by Gasteiger charge is 2.27. The molecule has 1 amide bonds. The molecule has 1 atom stereocenters. The molecule has 3 N–H and O–H groups in total. The number of nitrogens with zero attached hydrogens (tertiary/aromatic N) is 3. The van der Waals surface area contributed by atoms with E-state index >= 15 is 0 Å². The number of anilines is 1. The summed E-state index contributed by atoms with van der Waals surface area (Å²) in [4.78, 5) is 11.5. The van der Waals surface area contributed by atoms with E-state index in [-0.39, 0.29) is 11.3 Å². The van der Waals surface area contributed by atoms with Crippen molar-refractivity contribution >= 4 is 22.6 Å². The van der Waals surface area contributed by atoms with Gasteiger partial charge in [0.15, 0.2) is 0 Å². The number of carbonyl (C=O) groups is 1. The number of carbonyl (C=O) groups excluding carboxylic acids is 1. The molecule has 7 heteroatoms. The van der Waals surface area contributed by atoms with Gasteiger partial charge in [-0.3, -0.25) is 10.1 Å². The van der Waals surface area contributed by atoms with Crippen molar-refractivity contribution in [2.45, 2.75) is 26.8 Å². The van der Waals surface area contributed by atoms with Crippen LogP contribution in [0, 0.1) is 5.41 Å². The quantitative estimate of drug-likeness (QED) is 0.737. The van der Waals surface area contributed by atoms with Gasteiger partial charge in [-0.15, -0.1) is 0 Å². The molecule has 0 aromatic carbocycles. The number of hydrogen-bond acceptors (Lipinski definition) is 6. The molecule has 0 saturated heterocycles. The highest BCUT2D eigenvalue weighted by molar-refractivity contribution is 7.09. The maximum atomic E-state index is 11.5. The Hall–Kier alpha value is -1.08. The van der Waals surface area contributed by atoms with Gasteiger partial charge < -0.3 is 5.73 Å². The van der Waals surface area contributed by atoms with Crippen molar-refractivity contribution in [2.24, 2.45) is 11.1 Å². The van der Waals surface area contributed by atoms with E-state index in [1.807, 2.05) is 20.8 Å². The van der Waals surface area contributed by atoms with E-state index in [9.17, 15) is 4.79 Å². The Balaban J connectivity index is 2.59. The minimum absolute atomic E-state index is 0.268. The first-order valence-electron chi connectivity index (χ1n) is 4.13. The maximum Gasteiger partial charge on any atom is 0.243 e. The third kappa shape index (κ3) is 2.71. The van der Waals surface area contributed by atoms with E-state index in [0.29, 0.717) is 5.13 Å². The van der Waals surface area contributed by atoms with Crippen LogP contribution < -0.4 is 11.1 Å². The number of nitrogens with two attached hydrogens (primary N) is 1. The molecule has 0 aliphatic heterocycles. The van der Waals surface area contributed by atoms with Crippen molar-refractivity contribution in [3.8, 4) is 0 Å². The lowest BCUT2D eigenvalue weighted by Crippen LogP contribution is -2.45. The largest absolute Gasteiger partial charge is 0.319 e. The second kappa shape index (κ2) is 3.97. The van der Waals surface area contributed by atoms with Crippen molar-refractivity contribution in [1.82, 2.24) is 14.8 Å². The van der Waals surface area contributed by atoms with E-state index in [1.165, 1.54) is 0 Å². The van der Waals surface area contributed by atoms with Crippen LogP contribution in [0.5, 0.6) is 0 Å². The monoisotopic (exact) mass is 215 g/mol. The predicted octanol–water partition coefficient (Wildman–Crippen LogP) is 0.245. The standard InChI is InChI=1S/C7H13N5OS/c1-7(2,3)4(8)5(13)9-6-10-11-12-14-6/h4H,8H2,1-3H3,(H,9,10,12,13). The third-order valence-electron chi connectivity index (χ3n) is 1.74. The molecule has 0 aliphatic carbocycles. The van der Waals surface area contributed by atoms with E-state index < -0.39 is 6.04 Å². The van der Waals surface area contributed by atoms with Gasteiger partial charge in [-0.2, -0.15) is 0 Å². The Morgan fingerprint density at radius 3 is 2.64 bits per heavy atom. The van der Waals surface area contributed by atoms with Gasteiger partial charge in [0.05, 0.1) is 6.04 Å². The Bertz CT molecular complexity index is 304. The molecular weight excluding hydrogens is 202 g/mol. The van der Waals surface area contributed by atoms with Crippen LogP contribution in [-0.4, -0.2) is 26.7 Å². The van der Waals surface area contributed by atoms with Gasteiger partial charge >= 0.3 is 0 Å². The van der Waals surface area contributed by atoms with Crippen molar-refractivity contribution in [3.05, 3.63) is 0 Å². The average molecular weight is 215 g/mol. The van der Waals surface area contributed by atoms with Crippen LogP contribution in [0.2, 0.25) is 0 Å².